The SMILES string of the molecule is O=C(O)c1ccc(NCC(F)(F)C(F)F)c(Br)c1. The molecule has 0 bridgehead atoms. The molecule has 0 unspecified atom stereocenters. The predicted molar refractivity (Wildman–Crippen MR) is 60.5 cm³/mol. The van der Waals surface area contributed by atoms with Gasteiger partial charge in [-0.2, -0.15) is 8.78 Å². The summed E-state index contributed by atoms with van der Waals surface area (Å²) in [5, 5.41) is 10.8. The van der Waals surface area contributed by atoms with Gasteiger partial charge >= 0.3 is 18.3 Å². The Bertz CT molecular complexity index is 454. The number of aromatic carboxylic acids is 1. The maximum absolute atomic E-state index is 12.6. The highest BCUT2D eigenvalue weighted by Crippen LogP contribution is 2.27. The van der Waals surface area contributed by atoms with Crippen LogP contribution in [-0.2, 0) is 0 Å². The van der Waals surface area contributed by atoms with Crippen molar-refractivity contribution in [2.75, 3.05) is 11.9 Å². The molecule has 0 saturated carbocycles. The van der Waals surface area contributed by atoms with E-state index in [1.165, 1.54) is 18.2 Å². The van der Waals surface area contributed by atoms with Crippen LogP contribution in [0.25, 0.3) is 0 Å². The highest BCUT2D eigenvalue weighted by molar-refractivity contribution is 9.10. The Morgan fingerprint density at radius 2 is 2.06 bits per heavy atom. The topological polar surface area (TPSA) is 49.3 Å². The second-order valence-corrected chi connectivity index (χ2v) is 4.27. The van der Waals surface area contributed by atoms with Crippen molar-refractivity contribution in [2.45, 2.75) is 12.3 Å². The van der Waals surface area contributed by atoms with Gasteiger partial charge in [-0.15, -0.1) is 0 Å². The van der Waals surface area contributed by atoms with Crippen molar-refractivity contribution in [3.63, 3.8) is 0 Å². The standard InChI is InChI=1S/C10H8BrF4NO2/c11-6-3-5(8(17)18)1-2-7(6)16-4-10(14,15)9(12)13/h1-3,9,16H,4H2,(H,17,18). The molecule has 0 atom stereocenters. The lowest BCUT2D eigenvalue weighted by molar-refractivity contribution is -0.117. The summed E-state index contributed by atoms with van der Waals surface area (Å²) in [6.07, 6.45) is -3.76. The van der Waals surface area contributed by atoms with Crippen molar-refractivity contribution >= 4 is 27.6 Å². The number of nitrogens with one attached hydrogen (secondary N) is 1. The van der Waals surface area contributed by atoms with Gasteiger partial charge in [0.15, 0.2) is 0 Å². The number of hydrogen-bond acceptors (Lipinski definition) is 2. The Morgan fingerprint density at radius 3 is 2.50 bits per heavy atom. The third kappa shape index (κ3) is 3.59. The summed E-state index contributed by atoms with van der Waals surface area (Å²) in [7, 11) is 0. The fraction of sp³-hybridized carbons (Fsp3) is 0.300. The van der Waals surface area contributed by atoms with Crippen LogP contribution in [0.1, 0.15) is 10.4 Å². The number of carboxylic acids is 1. The number of carboxylic acid groups (broad SMARTS) is 1. The Kier molecular flexibility index (Phi) is 4.55. The van der Waals surface area contributed by atoms with Gasteiger partial charge in [0.25, 0.3) is 0 Å². The maximum atomic E-state index is 12.6. The van der Waals surface area contributed by atoms with Crippen LogP contribution in [0.3, 0.4) is 0 Å². The van der Waals surface area contributed by atoms with E-state index in [0.29, 0.717) is 0 Å². The maximum Gasteiger partial charge on any atom is 0.335 e. The smallest absolute Gasteiger partial charge is 0.335 e. The minimum atomic E-state index is -4.15. The first-order valence-electron chi connectivity index (χ1n) is 4.66. The van der Waals surface area contributed by atoms with Crippen LogP contribution in [0.15, 0.2) is 22.7 Å². The zero-order valence-corrected chi connectivity index (χ0v) is 10.3. The molecule has 2 N–H and O–H groups in total. The van der Waals surface area contributed by atoms with Crippen molar-refractivity contribution in [3.05, 3.63) is 28.2 Å². The number of benzene rings is 1. The molecule has 0 aliphatic heterocycles. The fourth-order valence-corrected chi connectivity index (χ4v) is 1.60. The summed E-state index contributed by atoms with van der Waals surface area (Å²) >= 11 is 2.96. The first kappa shape index (κ1) is 14.7. The Labute approximate surface area is 108 Å². The van der Waals surface area contributed by atoms with Crippen molar-refractivity contribution < 1.29 is 27.5 Å². The van der Waals surface area contributed by atoms with Crippen LogP contribution in [0.2, 0.25) is 0 Å². The molecular formula is C10H8BrF4NO2. The number of hydrogen-bond donors (Lipinski definition) is 2. The lowest BCUT2D eigenvalue weighted by atomic mass is 10.2. The van der Waals surface area contributed by atoms with Crippen LogP contribution in [0, 0.1) is 0 Å². The first-order chi connectivity index (χ1) is 8.24. The Morgan fingerprint density at radius 1 is 1.44 bits per heavy atom. The molecule has 0 amide bonds. The zero-order chi connectivity index (χ0) is 13.9. The molecule has 0 radical (unpaired) electrons. The van der Waals surface area contributed by atoms with E-state index < -0.39 is 24.9 Å². The van der Waals surface area contributed by atoms with Crippen LogP contribution in [0.5, 0.6) is 0 Å². The Balaban J connectivity index is 2.78. The molecule has 100 valence electrons. The summed E-state index contributed by atoms with van der Waals surface area (Å²) in [5.74, 6) is -5.33. The van der Waals surface area contributed by atoms with E-state index >= 15 is 0 Å². The predicted octanol–water partition coefficient (Wildman–Crippen LogP) is 3.46. The summed E-state index contributed by atoms with van der Waals surface area (Å²) in [6, 6.07) is 3.58. The van der Waals surface area contributed by atoms with Gasteiger partial charge in [-0.3, -0.25) is 0 Å². The second-order valence-electron chi connectivity index (χ2n) is 3.42. The molecule has 8 heteroatoms. The molecule has 0 aromatic heterocycles. The van der Waals surface area contributed by atoms with Crippen LogP contribution in [-0.4, -0.2) is 30.0 Å². The van der Waals surface area contributed by atoms with Crippen molar-refractivity contribution in [3.8, 4) is 0 Å². The molecule has 1 aromatic rings. The molecule has 1 rings (SSSR count). The molecule has 18 heavy (non-hydrogen) atoms. The lowest BCUT2D eigenvalue weighted by Crippen LogP contribution is -2.34. The molecule has 0 heterocycles. The van der Waals surface area contributed by atoms with E-state index in [9.17, 15) is 22.4 Å². The second kappa shape index (κ2) is 5.55. The number of alkyl halides is 4. The zero-order valence-electron chi connectivity index (χ0n) is 8.76. The summed E-state index contributed by atoms with van der Waals surface area (Å²) in [4.78, 5) is 10.6. The molecule has 0 saturated heterocycles. The van der Waals surface area contributed by atoms with Crippen LogP contribution in [0.4, 0.5) is 23.2 Å². The molecule has 3 nitrogen and oxygen atoms in total. The first-order valence-corrected chi connectivity index (χ1v) is 5.46. The molecule has 0 fully saturated rings. The number of anilines is 1. The molecule has 0 spiro atoms. The number of carbonyl (C=O) groups is 1. The summed E-state index contributed by atoms with van der Waals surface area (Å²) < 4.78 is 49.3. The van der Waals surface area contributed by atoms with Crippen LogP contribution >= 0.6 is 15.9 Å². The van der Waals surface area contributed by atoms with Gasteiger partial charge in [-0.1, -0.05) is 0 Å². The minimum absolute atomic E-state index is 0.0481. The fourth-order valence-electron chi connectivity index (χ4n) is 1.08. The van der Waals surface area contributed by atoms with Gasteiger partial charge in [-0.25, -0.2) is 13.6 Å². The van der Waals surface area contributed by atoms with Crippen LogP contribution < -0.4 is 5.32 Å². The van der Waals surface area contributed by atoms with Gasteiger partial charge in [0.05, 0.1) is 12.1 Å². The highest BCUT2D eigenvalue weighted by Gasteiger charge is 2.40. The van der Waals surface area contributed by atoms with E-state index in [-0.39, 0.29) is 15.7 Å². The van der Waals surface area contributed by atoms with Gasteiger partial charge < -0.3 is 10.4 Å². The van der Waals surface area contributed by atoms with Gasteiger partial charge in [-0.05, 0) is 34.1 Å². The van der Waals surface area contributed by atoms with Crippen molar-refractivity contribution in [2.24, 2.45) is 0 Å². The molecule has 0 aliphatic carbocycles. The Hall–Kier alpha value is -1.31. The van der Waals surface area contributed by atoms with Crippen molar-refractivity contribution in [1.29, 1.82) is 0 Å². The molecular weight excluding hydrogens is 322 g/mol. The summed E-state index contributed by atoms with van der Waals surface area (Å²) in [6.45, 7) is -1.24. The third-order valence-electron chi connectivity index (χ3n) is 2.05. The molecule has 1 aromatic carbocycles. The van der Waals surface area contributed by atoms with E-state index in [2.05, 4.69) is 21.2 Å². The van der Waals surface area contributed by atoms with E-state index in [1.807, 2.05) is 0 Å². The van der Waals surface area contributed by atoms with Gasteiger partial charge in [0.1, 0.15) is 0 Å². The van der Waals surface area contributed by atoms with Crippen molar-refractivity contribution in [1.82, 2.24) is 0 Å². The normalized spacial score (nSPS) is 11.7. The summed E-state index contributed by atoms with van der Waals surface area (Å²) in [5.41, 5.74) is 0.0633. The number of rotatable bonds is 5. The average molecular weight is 330 g/mol. The third-order valence-corrected chi connectivity index (χ3v) is 2.71. The average Bonchev–Trinajstić information content (AvgIpc) is 2.26. The largest absolute Gasteiger partial charge is 0.478 e. The molecule has 0 aliphatic rings. The van der Waals surface area contributed by atoms with Gasteiger partial charge in [0.2, 0.25) is 0 Å². The van der Waals surface area contributed by atoms with E-state index in [1.54, 1.807) is 0 Å². The minimum Gasteiger partial charge on any atom is -0.478 e. The number of halogens is 5. The highest BCUT2D eigenvalue weighted by atomic mass is 79.9. The monoisotopic (exact) mass is 329 g/mol. The van der Waals surface area contributed by atoms with Gasteiger partial charge in [0, 0.05) is 10.2 Å². The van der Waals surface area contributed by atoms with E-state index in [0.717, 1.165) is 0 Å². The quantitative estimate of drug-likeness (QED) is 0.813. The van der Waals surface area contributed by atoms with E-state index in [4.69, 9.17) is 5.11 Å². The lowest BCUT2D eigenvalue weighted by Gasteiger charge is -2.17.